The number of piperidine rings is 1. The molecule has 1 fully saturated rings. The fourth-order valence-electron chi connectivity index (χ4n) is 3.22. The first-order valence-corrected chi connectivity index (χ1v) is 9.49. The topological polar surface area (TPSA) is 73.5 Å². The van der Waals surface area contributed by atoms with Crippen LogP contribution >= 0.6 is 0 Å². The summed E-state index contributed by atoms with van der Waals surface area (Å²) in [7, 11) is 3.88. The van der Waals surface area contributed by atoms with Crippen molar-refractivity contribution in [1.29, 1.82) is 0 Å². The lowest BCUT2D eigenvalue weighted by molar-refractivity contribution is -0.117. The van der Waals surface area contributed by atoms with Crippen LogP contribution in [0.1, 0.15) is 32.6 Å². The number of carbonyl (C=O) groups excluding carboxylic acids is 2. The average Bonchev–Trinajstić information content (AvgIpc) is 2.62. The van der Waals surface area contributed by atoms with E-state index in [9.17, 15) is 9.59 Å². The minimum Gasteiger partial charge on any atom is -0.326 e. The molecule has 0 aliphatic carbocycles. The van der Waals surface area contributed by atoms with Crippen molar-refractivity contribution in [2.75, 3.05) is 44.4 Å². The monoisotopic (exact) mass is 360 g/mol. The highest BCUT2D eigenvalue weighted by Crippen LogP contribution is 2.23. The number of rotatable bonds is 8. The molecule has 0 spiro atoms. The molecule has 144 valence electrons. The highest BCUT2D eigenvalue weighted by molar-refractivity contribution is 5.93. The molecule has 2 atom stereocenters. The molecule has 26 heavy (non-hydrogen) atoms. The van der Waals surface area contributed by atoms with Gasteiger partial charge in [-0.25, -0.2) is 0 Å². The Morgan fingerprint density at radius 2 is 1.77 bits per heavy atom. The molecule has 2 rings (SSSR count). The zero-order valence-electron chi connectivity index (χ0n) is 16.2. The highest BCUT2D eigenvalue weighted by Gasteiger charge is 2.22. The van der Waals surface area contributed by atoms with Gasteiger partial charge in [-0.05, 0) is 76.1 Å². The van der Waals surface area contributed by atoms with E-state index < -0.39 is 0 Å². The molecule has 0 bridgehead atoms. The van der Waals surface area contributed by atoms with E-state index in [1.54, 1.807) is 0 Å². The van der Waals surface area contributed by atoms with Crippen molar-refractivity contribution in [3.63, 3.8) is 0 Å². The fraction of sp³-hybridized carbons (Fsp3) is 0.600. The Morgan fingerprint density at radius 3 is 2.31 bits per heavy atom. The lowest BCUT2D eigenvalue weighted by Crippen LogP contribution is -2.34. The van der Waals surface area contributed by atoms with Gasteiger partial charge in [0.1, 0.15) is 0 Å². The Labute approximate surface area is 156 Å². The van der Waals surface area contributed by atoms with E-state index in [2.05, 4.69) is 22.9 Å². The Hall–Kier alpha value is -1.92. The quantitative estimate of drug-likeness (QED) is 0.666. The minimum absolute atomic E-state index is 0.00889. The summed E-state index contributed by atoms with van der Waals surface area (Å²) in [4.78, 5) is 26.1. The molecule has 1 saturated heterocycles. The van der Waals surface area contributed by atoms with Gasteiger partial charge in [-0.2, -0.15) is 0 Å². The molecule has 6 heteroatoms. The first-order valence-electron chi connectivity index (χ1n) is 9.49. The van der Waals surface area contributed by atoms with Gasteiger partial charge in [0.05, 0.1) is 0 Å². The Kier molecular flexibility index (Phi) is 8.06. The van der Waals surface area contributed by atoms with Crippen molar-refractivity contribution < 1.29 is 9.59 Å². The van der Waals surface area contributed by atoms with Gasteiger partial charge in [-0.15, -0.1) is 0 Å². The first kappa shape index (κ1) is 20.4. The number of benzene rings is 1. The second-order valence-electron chi connectivity index (χ2n) is 7.51. The number of nitrogens with one attached hydrogen (secondary N) is 3. The van der Waals surface area contributed by atoms with Crippen LogP contribution in [-0.4, -0.2) is 50.4 Å². The van der Waals surface area contributed by atoms with E-state index in [0.29, 0.717) is 31.2 Å². The first-order chi connectivity index (χ1) is 12.4. The third kappa shape index (κ3) is 7.14. The maximum absolute atomic E-state index is 12.3. The summed E-state index contributed by atoms with van der Waals surface area (Å²) in [5.41, 5.74) is 1.50. The molecule has 6 nitrogen and oxygen atoms in total. The predicted octanol–water partition coefficient (Wildman–Crippen LogP) is 2.54. The molecular weight excluding hydrogens is 328 g/mol. The molecule has 1 aromatic rings. The largest absolute Gasteiger partial charge is 0.326 e. The molecule has 0 saturated carbocycles. The van der Waals surface area contributed by atoms with Gasteiger partial charge < -0.3 is 20.9 Å². The molecule has 0 aromatic heterocycles. The summed E-state index contributed by atoms with van der Waals surface area (Å²) in [6.07, 6.45) is 3.39. The van der Waals surface area contributed by atoms with Gasteiger partial charge in [0.25, 0.3) is 0 Å². The van der Waals surface area contributed by atoms with Crippen molar-refractivity contribution >= 4 is 23.2 Å². The van der Waals surface area contributed by atoms with Crippen molar-refractivity contribution in [2.45, 2.75) is 32.6 Å². The van der Waals surface area contributed by atoms with Gasteiger partial charge in [-0.1, -0.05) is 6.92 Å². The van der Waals surface area contributed by atoms with Crippen LogP contribution in [0.2, 0.25) is 0 Å². The van der Waals surface area contributed by atoms with Crippen LogP contribution < -0.4 is 16.0 Å². The third-order valence-corrected chi connectivity index (χ3v) is 4.89. The van der Waals surface area contributed by atoms with E-state index >= 15 is 0 Å². The van der Waals surface area contributed by atoms with Crippen molar-refractivity contribution in [1.82, 2.24) is 10.2 Å². The second-order valence-corrected chi connectivity index (χ2v) is 7.51. The normalized spacial score (nSPS) is 18.4. The van der Waals surface area contributed by atoms with Crippen LogP contribution in [0.4, 0.5) is 11.4 Å². The molecule has 1 aliphatic rings. The van der Waals surface area contributed by atoms with Gasteiger partial charge in [-0.3, -0.25) is 9.59 Å². The number of anilines is 2. The van der Waals surface area contributed by atoms with Crippen molar-refractivity contribution in [3.8, 4) is 0 Å². The van der Waals surface area contributed by atoms with Crippen molar-refractivity contribution in [2.24, 2.45) is 11.8 Å². The lowest BCUT2D eigenvalue weighted by atomic mass is 9.85. The van der Waals surface area contributed by atoms with E-state index in [-0.39, 0.29) is 11.8 Å². The number of amides is 2. The Morgan fingerprint density at radius 1 is 1.15 bits per heavy atom. The molecular formula is C20H32N4O2. The van der Waals surface area contributed by atoms with Crippen LogP contribution in [0.5, 0.6) is 0 Å². The molecule has 3 N–H and O–H groups in total. The Bertz CT molecular complexity index is 580. The van der Waals surface area contributed by atoms with Crippen LogP contribution in [0, 0.1) is 11.8 Å². The summed E-state index contributed by atoms with van der Waals surface area (Å²) in [6.45, 7) is 4.97. The van der Waals surface area contributed by atoms with E-state index in [1.807, 2.05) is 43.3 Å². The number of nitrogens with zero attached hydrogens (tertiary/aromatic N) is 1. The Balaban J connectivity index is 1.77. The van der Waals surface area contributed by atoms with E-state index in [1.165, 1.54) is 12.8 Å². The fourth-order valence-corrected chi connectivity index (χ4v) is 3.22. The minimum atomic E-state index is -0.00889. The molecule has 2 unspecified atom stereocenters. The number of hydrogen-bond acceptors (Lipinski definition) is 4. The number of hydrogen-bond donors (Lipinski definition) is 3. The molecule has 1 aliphatic heterocycles. The van der Waals surface area contributed by atoms with Gasteiger partial charge in [0.2, 0.25) is 11.8 Å². The number of carbonyl (C=O) groups is 2. The van der Waals surface area contributed by atoms with Crippen molar-refractivity contribution in [3.05, 3.63) is 24.3 Å². The summed E-state index contributed by atoms with van der Waals surface area (Å²) < 4.78 is 0. The molecule has 0 radical (unpaired) electrons. The smallest absolute Gasteiger partial charge is 0.225 e. The summed E-state index contributed by atoms with van der Waals surface area (Å²) in [5, 5.41) is 9.23. The second kappa shape index (κ2) is 10.3. The van der Waals surface area contributed by atoms with Crippen LogP contribution in [-0.2, 0) is 9.59 Å². The van der Waals surface area contributed by atoms with Crippen LogP contribution in [0.3, 0.4) is 0 Å². The molecule has 1 heterocycles. The van der Waals surface area contributed by atoms with E-state index in [4.69, 9.17) is 0 Å². The zero-order valence-corrected chi connectivity index (χ0v) is 16.2. The van der Waals surface area contributed by atoms with Gasteiger partial charge in [0, 0.05) is 30.8 Å². The lowest BCUT2D eigenvalue weighted by Gasteiger charge is -2.28. The summed E-state index contributed by atoms with van der Waals surface area (Å²) >= 11 is 0. The third-order valence-electron chi connectivity index (χ3n) is 4.89. The van der Waals surface area contributed by atoms with Crippen LogP contribution in [0.25, 0.3) is 0 Å². The zero-order chi connectivity index (χ0) is 18.9. The summed E-state index contributed by atoms with van der Waals surface area (Å²) in [5.74, 6) is 0.989. The van der Waals surface area contributed by atoms with E-state index in [0.717, 1.165) is 24.5 Å². The van der Waals surface area contributed by atoms with Crippen LogP contribution in [0.15, 0.2) is 24.3 Å². The molecule has 2 amide bonds. The standard InChI is InChI=1S/C20H32N4O2/c1-15(16-5-4-11-21-14-16)13-20(26)23-18-8-6-17(7-9-18)22-19(25)10-12-24(2)3/h6-9,15-16,21H,4-5,10-14H2,1-3H3,(H,22,25)(H,23,26). The predicted molar refractivity (Wildman–Crippen MR) is 106 cm³/mol. The highest BCUT2D eigenvalue weighted by atomic mass is 16.2. The summed E-state index contributed by atoms with van der Waals surface area (Å²) in [6, 6.07) is 7.29. The average molecular weight is 361 g/mol. The van der Waals surface area contributed by atoms with Gasteiger partial charge in [0.15, 0.2) is 0 Å². The maximum Gasteiger partial charge on any atom is 0.225 e. The van der Waals surface area contributed by atoms with Gasteiger partial charge >= 0.3 is 0 Å². The molecule has 1 aromatic carbocycles. The maximum atomic E-state index is 12.3. The SMILES string of the molecule is CC(CC(=O)Nc1ccc(NC(=O)CCN(C)C)cc1)C1CCCNC1.